The number of halogens is 1. The zero-order valence-corrected chi connectivity index (χ0v) is 10.2. The Balaban J connectivity index is 2.13. The molecule has 0 aromatic carbocycles. The summed E-state index contributed by atoms with van der Waals surface area (Å²) < 4.78 is 0. The first-order valence-electron chi connectivity index (χ1n) is 5.25. The normalized spacial score (nSPS) is 16.6. The second-order valence-corrected chi connectivity index (χ2v) is 4.29. The predicted molar refractivity (Wildman–Crippen MR) is 65.5 cm³/mol. The molecule has 4 N–H and O–H groups in total. The minimum Gasteiger partial charge on any atom is -0.308 e. The summed E-state index contributed by atoms with van der Waals surface area (Å²) in [6.07, 6.45) is 0. The van der Waals surface area contributed by atoms with Gasteiger partial charge >= 0.3 is 0 Å². The minimum absolute atomic E-state index is 0.143. The lowest BCUT2D eigenvalue weighted by molar-refractivity contribution is -0.136. The number of pyridine rings is 1. The van der Waals surface area contributed by atoms with Crippen LogP contribution in [0.15, 0.2) is 12.1 Å². The fourth-order valence-electron chi connectivity index (χ4n) is 1.70. The number of anilines is 1. The molecule has 1 aromatic heterocycles. The Morgan fingerprint density at radius 1 is 1.39 bits per heavy atom. The van der Waals surface area contributed by atoms with Crippen molar-refractivity contribution in [2.45, 2.75) is 6.54 Å². The molecule has 1 aliphatic heterocycles. The highest BCUT2D eigenvalue weighted by Gasteiger charge is 2.23. The Morgan fingerprint density at radius 2 is 2.06 bits per heavy atom. The van der Waals surface area contributed by atoms with E-state index in [0.717, 1.165) is 0 Å². The Morgan fingerprint density at radius 3 is 2.67 bits per heavy atom. The summed E-state index contributed by atoms with van der Waals surface area (Å²) in [7, 11) is 0. The number of piperazine rings is 1. The van der Waals surface area contributed by atoms with Crippen molar-refractivity contribution < 1.29 is 9.59 Å². The maximum atomic E-state index is 11.2. The summed E-state index contributed by atoms with van der Waals surface area (Å²) in [4.78, 5) is 28.3. The van der Waals surface area contributed by atoms with E-state index >= 15 is 0 Å². The first-order valence-corrected chi connectivity index (χ1v) is 5.63. The van der Waals surface area contributed by atoms with E-state index in [2.05, 4.69) is 15.7 Å². The van der Waals surface area contributed by atoms with Crippen LogP contribution in [-0.4, -0.2) is 34.8 Å². The number of nitrogens with two attached hydrogens (primary N) is 1. The van der Waals surface area contributed by atoms with E-state index < -0.39 is 0 Å². The van der Waals surface area contributed by atoms with Gasteiger partial charge in [-0.15, -0.1) is 0 Å². The number of hydrogen-bond donors (Lipinski definition) is 3. The van der Waals surface area contributed by atoms with Crippen LogP contribution in [0.3, 0.4) is 0 Å². The predicted octanol–water partition coefficient (Wildman–Crippen LogP) is -0.521. The summed E-state index contributed by atoms with van der Waals surface area (Å²) in [5.74, 6) is 5.09. The minimum atomic E-state index is -0.324. The molecule has 0 spiro atoms. The van der Waals surface area contributed by atoms with Crippen molar-refractivity contribution in [1.82, 2.24) is 15.2 Å². The summed E-state index contributed by atoms with van der Waals surface area (Å²) in [6.45, 7) is 0.599. The molecular weight excluding hydrogens is 258 g/mol. The van der Waals surface area contributed by atoms with E-state index in [1.807, 2.05) is 0 Å². The number of carbonyl (C=O) groups is 2. The largest absolute Gasteiger partial charge is 0.308 e. The van der Waals surface area contributed by atoms with Crippen LogP contribution in [-0.2, 0) is 16.1 Å². The molecule has 0 radical (unpaired) electrons. The molecule has 0 unspecified atom stereocenters. The molecule has 0 aliphatic carbocycles. The van der Waals surface area contributed by atoms with E-state index in [0.29, 0.717) is 23.1 Å². The Labute approximate surface area is 108 Å². The number of nitrogens with one attached hydrogen (secondary N) is 2. The van der Waals surface area contributed by atoms with Crippen LogP contribution in [0, 0.1) is 0 Å². The molecular formula is C10H12ClN5O2. The van der Waals surface area contributed by atoms with Crippen LogP contribution in [0.1, 0.15) is 5.69 Å². The highest BCUT2D eigenvalue weighted by Crippen LogP contribution is 2.18. The van der Waals surface area contributed by atoms with Crippen molar-refractivity contribution in [1.29, 1.82) is 0 Å². The Kier molecular flexibility index (Phi) is 3.75. The molecule has 8 heteroatoms. The summed E-state index contributed by atoms with van der Waals surface area (Å²) >= 11 is 6.00. The van der Waals surface area contributed by atoms with Crippen molar-refractivity contribution in [2.24, 2.45) is 5.84 Å². The highest BCUT2D eigenvalue weighted by atomic mass is 35.5. The standard InChI is InChI=1S/C10H12ClN5O2/c11-6-1-2-8(15-12)13-7(6)3-16-4-9(17)14-10(18)5-16/h1-2H,3-5,12H2,(H,13,15)(H,14,17,18). The molecule has 1 fully saturated rings. The van der Waals surface area contributed by atoms with E-state index in [9.17, 15) is 9.59 Å². The van der Waals surface area contributed by atoms with Gasteiger partial charge in [0, 0.05) is 6.54 Å². The Bertz CT molecular complexity index is 477. The monoisotopic (exact) mass is 269 g/mol. The molecule has 7 nitrogen and oxygen atoms in total. The summed E-state index contributed by atoms with van der Waals surface area (Å²) in [6, 6.07) is 3.30. The molecule has 0 atom stereocenters. The van der Waals surface area contributed by atoms with Crippen molar-refractivity contribution >= 4 is 29.2 Å². The molecule has 1 aromatic rings. The van der Waals surface area contributed by atoms with Gasteiger partial charge in [-0.25, -0.2) is 10.8 Å². The van der Waals surface area contributed by atoms with Crippen molar-refractivity contribution in [2.75, 3.05) is 18.5 Å². The zero-order chi connectivity index (χ0) is 13.1. The van der Waals surface area contributed by atoms with Gasteiger partial charge in [-0.1, -0.05) is 11.6 Å². The third kappa shape index (κ3) is 2.95. The topological polar surface area (TPSA) is 100 Å². The summed E-state index contributed by atoms with van der Waals surface area (Å²) in [5.41, 5.74) is 2.98. The van der Waals surface area contributed by atoms with Gasteiger partial charge in [0.15, 0.2) is 0 Å². The van der Waals surface area contributed by atoms with Gasteiger partial charge < -0.3 is 5.43 Å². The van der Waals surface area contributed by atoms with E-state index in [4.69, 9.17) is 17.4 Å². The van der Waals surface area contributed by atoms with Gasteiger partial charge in [-0.3, -0.25) is 19.8 Å². The lowest BCUT2D eigenvalue weighted by Gasteiger charge is -2.25. The molecule has 2 rings (SSSR count). The quantitative estimate of drug-likeness (QED) is 0.388. The maximum absolute atomic E-state index is 11.2. The number of nitrogens with zero attached hydrogens (tertiary/aromatic N) is 2. The van der Waals surface area contributed by atoms with E-state index in [-0.39, 0.29) is 24.9 Å². The molecule has 18 heavy (non-hydrogen) atoms. The Hall–Kier alpha value is -1.70. The van der Waals surface area contributed by atoms with Crippen LogP contribution in [0.5, 0.6) is 0 Å². The third-order valence-corrected chi connectivity index (χ3v) is 2.80. The number of carbonyl (C=O) groups excluding carboxylic acids is 2. The van der Waals surface area contributed by atoms with Crippen LogP contribution in [0.4, 0.5) is 5.82 Å². The van der Waals surface area contributed by atoms with Crippen LogP contribution in [0.2, 0.25) is 5.02 Å². The van der Waals surface area contributed by atoms with Gasteiger partial charge in [0.1, 0.15) is 5.82 Å². The van der Waals surface area contributed by atoms with Gasteiger partial charge in [0.2, 0.25) is 11.8 Å². The van der Waals surface area contributed by atoms with Crippen molar-refractivity contribution in [3.8, 4) is 0 Å². The molecule has 0 bridgehead atoms. The SMILES string of the molecule is NNc1ccc(Cl)c(CN2CC(=O)NC(=O)C2)n1. The maximum Gasteiger partial charge on any atom is 0.240 e. The van der Waals surface area contributed by atoms with Gasteiger partial charge in [-0.2, -0.15) is 0 Å². The van der Waals surface area contributed by atoms with E-state index in [1.54, 1.807) is 17.0 Å². The highest BCUT2D eigenvalue weighted by molar-refractivity contribution is 6.31. The average Bonchev–Trinajstić information content (AvgIpc) is 2.30. The smallest absolute Gasteiger partial charge is 0.240 e. The molecule has 2 heterocycles. The van der Waals surface area contributed by atoms with Crippen LogP contribution in [0.25, 0.3) is 0 Å². The third-order valence-electron chi connectivity index (χ3n) is 2.45. The molecule has 0 saturated carbocycles. The number of nitrogen functional groups attached to an aromatic ring is 1. The van der Waals surface area contributed by atoms with Gasteiger partial charge in [0.25, 0.3) is 0 Å². The summed E-state index contributed by atoms with van der Waals surface area (Å²) in [5, 5.41) is 2.69. The van der Waals surface area contributed by atoms with E-state index in [1.165, 1.54) is 0 Å². The number of aromatic nitrogens is 1. The number of hydrogen-bond acceptors (Lipinski definition) is 6. The number of hydrazine groups is 1. The molecule has 2 amide bonds. The van der Waals surface area contributed by atoms with Crippen molar-refractivity contribution in [3.05, 3.63) is 22.8 Å². The second kappa shape index (κ2) is 5.30. The zero-order valence-electron chi connectivity index (χ0n) is 9.44. The first-order chi connectivity index (χ1) is 8.58. The number of rotatable bonds is 3. The van der Waals surface area contributed by atoms with Crippen molar-refractivity contribution in [3.63, 3.8) is 0 Å². The fourth-order valence-corrected chi connectivity index (χ4v) is 1.86. The second-order valence-electron chi connectivity index (χ2n) is 3.89. The first kappa shape index (κ1) is 12.7. The molecule has 1 aliphatic rings. The van der Waals surface area contributed by atoms with Gasteiger partial charge in [-0.05, 0) is 12.1 Å². The van der Waals surface area contributed by atoms with Gasteiger partial charge in [0.05, 0.1) is 23.8 Å². The number of amides is 2. The van der Waals surface area contributed by atoms with Crippen LogP contribution < -0.4 is 16.6 Å². The number of imide groups is 1. The molecule has 96 valence electrons. The van der Waals surface area contributed by atoms with Crippen LogP contribution >= 0.6 is 11.6 Å². The lowest BCUT2D eigenvalue weighted by atomic mass is 10.3. The lowest BCUT2D eigenvalue weighted by Crippen LogP contribution is -2.51. The molecule has 1 saturated heterocycles. The average molecular weight is 270 g/mol. The fraction of sp³-hybridized carbons (Fsp3) is 0.300.